The Morgan fingerprint density at radius 2 is 2.33 bits per heavy atom. The second kappa shape index (κ2) is 3.83. The summed E-state index contributed by atoms with van der Waals surface area (Å²) in [7, 11) is 0. The molecule has 1 aromatic carbocycles. The van der Waals surface area contributed by atoms with Gasteiger partial charge in [0.15, 0.2) is 0 Å². The lowest BCUT2D eigenvalue weighted by Crippen LogP contribution is -2.28. The molecular formula is C10H12BrN3O. The summed E-state index contributed by atoms with van der Waals surface area (Å²) in [6.07, 6.45) is 0. The van der Waals surface area contributed by atoms with Crippen molar-refractivity contribution in [2.45, 2.75) is 19.5 Å². The van der Waals surface area contributed by atoms with Crippen LogP contribution in [0, 0.1) is 0 Å². The first-order valence-electron chi connectivity index (χ1n) is 4.72. The van der Waals surface area contributed by atoms with Crippen LogP contribution in [0.15, 0.2) is 27.5 Å². The standard InChI is InChI=1S/C10H12BrN3O/c1-6(12)5-14-8-4-2-3-7(11)9(8)13-10(14)15/h2-4,6H,5,12H2,1H3,(H,13,15). The maximum Gasteiger partial charge on any atom is 0.326 e. The molecule has 5 heteroatoms. The monoisotopic (exact) mass is 269 g/mol. The van der Waals surface area contributed by atoms with E-state index in [1.54, 1.807) is 4.57 Å². The van der Waals surface area contributed by atoms with Crippen molar-refractivity contribution in [2.24, 2.45) is 5.73 Å². The van der Waals surface area contributed by atoms with E-state index < -0.39 is 0 Å². The minimum atomic E-state index is -0.116. The number of H-pyrrole nitrogens is 1. The molecule has 0 aliphatic carbocycles. The number of para-hydroxylation sites is 1. The van der Waals surface area contributed by atoms with Crippen LogP contribution in [0.5, 0.6) is 0 Å². The van der Waals surface area contributed by atoms with Crippen molar-refractivity contribution in [1.82, 2.24) is 9.55 Å². The maximum absolute atomic E-state index is 11.7. The number of hydrogen-bond acceptors (Lipinski definition) is 2. The molecule has 1 unspecified atom stereocenters. The summed E-state index contributed by atoms with van der Waals surface area (Å²) in [5, 5.41) is 0. The Kier molecular flexibility index (Phi) is 2.67. The van der Waals surface area contributed by atoms with Crippen molar-refractivity contribution in [1.29, 1.82) is 0 Å². The van der Waals surface area contributed by atoms with Crippen LogP contribution in [-0.4, -0.2) is 15.6 Å². The molecule has 1 atom stereocenters. The number of nitrogens with one attached hydrogen (secondary N) is 1. The Morgan fingerprint density at radius 3 is 3.00 bits per heavy atom. The van der Waals surface area contributed by atoms with Crippen molar-refractivity contribution in [3.8, 4) is 0 Å². The Balaban J connectivity index is 2.69. The molecule has 15 heavy (non-hydrogen) atoms. The number of aromatic amines is 1. The summed E-state index contributed by atoms with van der Waals surface area (Å²) in [4.78, 5) is 14.5. The Bertz CT molecular complexity index is 541. The molecule has 0 radical (unpaired) electrons. The zero-order valence-electron chi connectivity index (χ0n) is 8.33. The third-order valence-electron chi connectivity index (χ3n) is 2.23. The molecular weight excluding hydrogens is 258 g/mol. The van der Waals surface area contributed by atoms with Crippen molar-refractivity contribution in [2.75, 3.05) is 0 Å². The zero-order chi connectivity index (χ0) is 11.0. The first-order chi connectivity index (χ1) is 7.09. The average molecular weight is 270 g/mol. The van der Waals surface area contributed by atoms with Crippen LogP contribution < -0.4 is 11.4 Å². The van der Waals surface area contributed by atoms with Crippen LogP contribution in [0.2, 0.25) is 0 Å². The predicted molar refractivity (Wildman–Crippen MR) is 63.9 cm³/mol. The summed E-state index contributed by atoms with van der Waals surface area (Å²) in [5.41, 5.74) is 7.28. The van der Waals surface area contributed by atoms with Crippen molar-refractivity contribution < 1.29 is 0 Å². The van der Waals surface area contributed by atoms with E-state index in [4.69, 9.17) is 5.73 Å². The highest BCUT2D eigenvalue weighted by Gasteiger charge is 2.09. The van der Waals surface area contributed by atoms with E-state index in [9.17, 15) is 4.79 Å². The molecule has 0 spiro atoms. The van der Waals surface area contributed by atoms with Gasteiger partial charge < -0.3 is 10.7 Å². The minimum Gasteiger partial charge on any atom is -0.326 e. The molecule has 0 fully saturated rings. The number of nitrogens with zero attached hydrogens (tertiary/aromatic N) is 1. The molecule has 0 bridgehead atoms. The van der Waals surface area contributed by atoms with Gasteiger partial charge in [0.2, 0.25) is 0 Å². The molecule has 3 N–H and O–H groups in total. The number of imidazole rings is 1. The minimum absolute atomic E-state index is 0.0410. The fourth-order valence-corrected chi connectivity index (χ4v) is 2.07. The fraction of sp³-hybridized carbons (Fsp3) is 0.300. The average Bonchev–Trinajstić information content (AvgIpc) is 2.45. The van der Waals surface area contributed by atoms with Gasteiger partial charge in [-0.15, -0.1) is 0 Å². The van der Waals surface area contributed by atoms with Crippen molar-refractivity contribution in [3.63, 3.8) is 0 Å². The first kappa shape index (κ1) is 10.4. The normalized spacial score (nSPS) is 13.3. The van der Waals surface area contributed by atoms with E-state index in [0.717, 1.165) is 15.5 Å². The maximum atomic E-state index is 11.7. The molecule has 0 saturated carbocycles. The Labute approximate surface area is 95.2 Å². The van der Waals surface area contributed by atoms with Gasteiger partial charge in [-0.2, -0.15) is 0 Å². The third-order valence-corrected chi connectivity index (χ3v) is 2.89. The van der Waals surface area contributed by atoms with Crippen LogP contribution in [0.25, 0.3) is 11.0 Å². The Morgan fingerprint density at radius 1 is 1.60 bits per heavy atom. The van der Waals surface area contributed by atoms with Crippen LogP contribution in [-0.2, 0) is 6.54 Å². The van der Waals surface area contributed by atoms with Crippen molar-refractivity contribution >= 4 is 27.0 Å². The first-order valence-corrected chi connectivity index (χ1v) is 5.51. The number of hydrogen-bond donors (Lipinski definition) is 2. The molecule has 1 heterocycles. The van der Waals surface area contributed by atoms with Crippen molar-refractivity contribution in [3.05, 3.63) is 33.2 Å². The van der Waals surface area contributed by atoms with Gasteiger partial charge in [0.1, 0.15) is 0 Å². The quantitative estimate of drug-likeness (QED) is 0.867. The summed E-state index contributed by atoms with van der Waals surface area (Å²) in [6.45, 7) is 2.40. The molecule has 4 nitrogen and oxygen atoms in total. The lowest BCUT2D eigenvalue weighted by molar-refractivity contribution is 0.588. The van der Waals surface area contributed by atoms with E-state index in [1.807, 2.05) is 25.1 Å². The third kappa shape index (κ3) is 1.85. The molecule has 1 aromatic heterocycles. The number of halogens is 1. The highest BCUT2D eigenvalue weighted by molar-refractivity contribution is 9.10. The van der Waals surface area contributed by atoms with Gasteiger partial charge in [-0.3, -0.25) is 4.57 Å². The van der Waals surface area contributed by atoms with Crippen LogP contribution in [0.4, 0.5) is 0 Å². The predicted octanol–water partition coefficient (Wildman–Crippen LogP) is 1.44. The molecule has 2 rings (SSSR count). The van der Waals surface area contributed by atoms with E-state index in [0.29, 0.717) is 6.54 Å². The van der Waals surface area contributed by atoms with Gasteiger partial charge in [0, 0.05) is 17.1 Å². The largest absolute Gasteiger partial charge is 0.326 e. The number of rotatable bonds is 2. The van der Waals surface area contributed by atoms with Gasteiger partial charge in [-0.05, 0) is 35.0 Å². The van der Waals surface area contributed by atoms with E-state index >= 15 is 0 Å². The van der Waals surface area contributed by atoms with Crippen LogP contribution in [0.3, 0.4) is 0 Å². The summed E-state index contributed by atoms with van der Waals surface area (Å²) < 4.78 is 2.55. The molecule has 0 amide bonds. The smallest absolute Gasteiger partial charge is 0.326 e. The van der Waals surface area contributed by atoms with Crippen LogP contribution >= 0.6 is 15.9 Å². The topological polar surface area (TPSA) is 63.8 Å². The van der Waals surface area contributed by atoms with Gasteiger partial charge in [0.25, 0.3) is 0 Å². The number of aromatic nitrogens is 2. The molecule has 0 aliphatic rings. The number of benzene rings is 1. The SMILES string of the molecule is CC(N)Cn1c(=O)[nH]c2c(Br)cccc21. The molecule has 80 valence electrons. The highest BCUT2D eigenvalue weighted by Crippen LogP contribution is 2.20. The lowest BCUT2D eigenvalue weighted by Gasteiger charge is -2.06. The van der Waals surface area contributed by atoms with Gasteiger partial charge in [-0.1, -0.05) is 6.07 Å². The van der Waals surface area contributed by atoms with E-state index in [1.165, 1.54) is 0 Å². The Hall–Kier alpha value is -1.07. The molecule has 0 saturated heterocycles. The number of nitrogens with two attached hydrogens (primary N) is 1. The van der Waals surface area contributed by atoms with Crippen LogP contribution in [0.1, 0.15) is 6.92 Å². The highest BCUT2D eigenvalue weighted by atomic mass is 79.9. The van der Waals surface area contributed by atoms with Gasteiger partial charge >= 0.3 is 5.69 Å². The second-order valence-corrected chi connectivity index (χ2v) is 4.51. The summed E-state index contributed by atoms with van der Waals surface area (Å²) in [5.74, 6) is 0. The molecule has 0 aliphatic heterocycles. The molecule has 2 aromatic rings. The van der Waals surface area contributed by atoms with E-state index in [2.05, 4.69) is 20.9 Å². The fourth-order valence-electron chi connectivity index (χ4n) is 1.61. The summed E-state index contributed by atoms with van der Waals surface area (Å²) in [6, 6.07) is 5.66. The van der Waals surface area contributed by atoms with Gasteiger partial charge in [0.05, 0.1) is 11.0 Å². The summed E-state index contributed by atoms with van der Waals surface area (Å²) >= 11 is 3.40. The van der Waals surface area contributed by atoms with E-state index in [-0.39, 0.29) is 11.7 Å². The second-order valence-electron chi connectivity index (χ2n) is 3.65. The van der Waals surface area contributed by atoms with Gasteiger partial charge in [-0.25, -0.2) is 4.79 Å². The zero-order valence-corrected chi connectivity index (χ0v) is 9.91. The lowest BCUT2D eigenvalue weighted by atomic mass is 10.3. The number of fused-ring (bicyclic) bond motifs is 1.